The van der Waals surface area contributed by atoms with E-state index in [1.807, 2.05) is 0 Å². The number of halogens is 3. The largest absolute Gasteiger partial charge is 0.481 e. The summed E-state index contributed by atoms with van der Waals surface area (Å²) in [5.41, 5.74) is 0.577. The van der Waals surface area contributed by atoms with Gasteiger partial charge < -0.3 is 9.79 Å². The molecule has 0 aliphatic carbocycles. The second-order valence-electron chi connectivity index (χ2n) is 3.48. The van der Waals surface area contributed by atoms with E-state index in [9.17, 15) is 17.7 Å². The van der Waals surface area contributed by atoms with Crippen LogP contribution in [0.25, 0.3) is 0 Å². The minimum absolute atomic E-state index is 0.400. The molecule has 19 heavy (non-hydrogen) atoms. The Kier molecular flexibility index (Phi) is 5.78. The molecule has 0 atom stereocenters. The fourth-order valence-corrected chi connectivity index (χ4v) is 2.94. The highest BCUT2D eigenvalue weighted by Gasteiger charge is 2.27. The average molecular weight is 334 g/mol. The van der Waals surface area contributed by atoms with Gasteiger partial charge in [0.05, 0.1) is 5.75 Å². The normalized spacial score (nSPS) is 12.7. The van der Waals surface area contributed by atoms with Crippen molar-refractivity contribution in [2.45, 2.75) is 22.9 Å². The first kappa shape index (κ1) is 16.9. The van der Waals surface area contributed by atoms with Crippen molar-refractivity contribution in [2.24, 2.45) is 0 Å². The minimum atomic E-state index is -4.58. The molecule has 0 aliphatic rings. The quantitative estimate of drug-likeness (QED) is 0.485. The van der Waals surface area contributed by atoms with Crippen LogP contribution in [0.15, 0.2) is 28.0 Å². The van der Waals surface area contributed by atoms with E-state index in [2.05, 4.69) is 3.97 Å². The summed E-state index contributed by atoms with van der Waals surface area (Å²) < 4.78 is 50.9. The number of hydrogen-bond donors (Lipinski definition) is 2. The van der Waals surface area contributed by atoms with Gasteiger partial charge in [-0.2, -0.15) is 13.2 Å². The highest BCUT2D eigenvalue weighted by atomic mass is 32.2. The van der Waals surface area contributed by atoms with Crippen LogP contribution in [0.5, 0.6) is 0 Å². The molecule has 10 heteroatoms. The maximum atomic E-state index is 12.1. The Hall–Kier alpha value is -0.180. The third-order valence-electron chi connectivity index (χ3n) is 1.77. The molecule has 2 N–H and O–H groups in total. The summed E-state index contributed by atoms with van der Waals surface area (Å²) in [6.45, 7) is 1.61. The molecule has 0 saturated carbocycles. The number of thioether (sulfide) groups is 1. The van der Waals surface area contributed by atoms with Gasteiger partial charge in [-0.05, 0) is 30.7 Å². The topological polar surface area (TPSA) is 66.8 Å². The van der Waals surface area contributed by atoms with Crippen molar-refractivity contribution in [1.29, 1.82) is 0 Å². The summed E-state index contributed by atoms with van der Waals surface area (Å²) in [5, 5.41) is 0. The van der Waals surface area contributed by atoms with Crippen molar-refractivity contribution in [3.63, 3.8) is 0 Å². The molecule has 0 fully saturated rings. The molecule has 0 heterocycles. The lowest BCUT2D eigenvalue weighted by Crippen LogP contribution is -2.10. The van der Waals surface area contributed by atoms with Gasteiger partial charge in [-0.1, -0.05) is 0 Å². The zero-order valence-corrected chi connectivity index (χ0v) is 12.1. The van der Waals surface area contributed by atoms with E-state index in [-0.39, 0.29) is 0 Å². The highest BCUT2D eigenvalue weighted by molar-refractivity contribution is 7.99. The molecule has 0 unspecified atom stereocenters. The molecule has 0 bridgehead atoms. The molecule has 0 aromatic heterocycles. The summed E-state index contributed by atoms with van der Waals surface area (Å²) in [5.74, 6) is -0.987. The van der Waals surface area contributed by atoms with Gasteiger partial charge in [0, 0.05) is 21.8 Å². The predicted octanol–water partition coefficient (Wildman–Crippen LogP) is 3.77. The van der Waals surface area contributed by atoms with Crippen molar-refractivity contribution >= 4 is 31.6 Å². The van der Waals surface area contributed by atoms with Crippen molar-refractivity contribution < 1.29 is 31.5 Å². The number of aryl methyl sites for hydroxylation is 1. The van der Waals surface area contributed by atoms with E-state index in [0.29, 0.717) is 39.2 Å². The number of hydrogen-bond acceptors (Lipinski definition) is 4. The van der Waals surface area contributed by atoms with Gasteiger partial charge in [-0.15, -0.1) is 11.8 Å². The van der Waals surface area contributed by atoms with Crippen LogP contribution in [0.1, 0.15) is 5.56 Å². The Morgan fingerprint density at radius 2 is 2.00 bits per heavy atom. The molecule has 0 amide bonds. The van der Waals surface area contributed by atoms with Gasteiger partial charge in [-0.3, -0.25) is 0 Å². The van der Waals surface area contributed by atoms with E-state index in [1.54, 1.807) is 6.92 Å². The number of phosphoric acid groups is 1. The second kappa shape index (κ2) is 6.51. The Balaban J connectivity index is 2.67. The Morgan fingerprint density at radius 1 is 1.37 bits per heavy atom. The van der Waals surface area contributed by atoms with Gasteiger partial charge in [0.1, 0.15) is 0 Å². The SMILES string of the molecule is Cc1cc(SOP(=O)(O)O)ccc1SCC(F)(F)F. The second-order valence-corrected chi connectivity index (χ2v) is 6.71. The summed E-state index contributed by atoms with van der Waals surface area (Å²) in [6.07, 6.45) is -4.24. The summed E-state index contributed by atoms with van der Waals surface area (Å²) in [7, 11) is -4.58. The molecule has 4 nitrogen and oxygen atoms in total. The fraction of sp³-hybridized carbons (Fsp3) is 0.333. The van der Waals surface area contributed by atoms with Crippen LogP contribution >= 0.6 is 31.6 Å². The molecule has 108 valence electrons. The third-order valence-corrected chi connectivity index (χ3v) is 4.53. The van der Waals surface area contributed by atoms with Gasteiger partial charge in [0.15, 0.2) is 0 Å². The molecule has 1 aromatic carbocycles. The van der Waals surface area contributed by atoms with Crippen LogP contribution in [0, 0.1) is 6.92 Å². The predicted molar refractivity (Wildman–Crippen MR) is 66.9 cm³/mol. The lowest BCUT2D eigenvalue weighted by atomic mass is 10.2. The fourth-order valence-electron chi connectivity index (χ4n) is 1.09. The number of alkyl halides is 3. The van der Waals surface area contributed by atoms with Crippen molar-refractivity contribution in [1.82, 2.24) is 0 Å². The number of benzene rings is 1. The van der Waals surface area contributed by atoms with Crippen LogP contribution in [0.3, 0.4) is 0 Å². The van der Waals surface area contributed by atoms with Crippen LogP contribution in [0.4, 0.5) is 13.2 Å². The molecule has 0 aliphatic heterocycles. The zero-order chi connectivity index (χ0) is 14.7. The Bertz CT molecular complexity index is 489. The molecular weight excluding hydrogens is 324 g/mol. The summed E-state index contributed by atoms with van der Waals surface area (Å²) in [4.78, 5) is 17.9. The van der Waals surface area contributed by atoms with Gasteiger partial charge in [-0.25, -0.2) is 8.54 Å². The molecule has 0 spiro atoms. The maximum absolute atomic E-state index is 12.1. The van der Waals surface area contributed by atoms with E-state index >= 15 is 0 Å². The average Bonchev–Trinajstić information content (AvgIpc) is 2.22. The Labute approximate surface area is 116 Å². The lowest BCUT2D eigenvalue weighted by molar-refractivity contribution is -0.105. The maximum Gasteiger partial charge on any atom is 0.481 e. The first-order chi connectivity index (χ1) is 8.57. The van der Waals surface area contributed by atoms with Crippen molar-refractivity contribution in [3.8, 4) is 0 Å². The zero-order valence-electron chi connectivity index (χ0n) is 9.55. The third kappa shape index (κ3) is 7.24. The van der Waals surface area contributed by atoms with E-state index in [0.717, 1.165) is 0 Å². The van der Waals surface area contributed by atoms with Crippen molar-refractivity contribution in [2.75, 3.05) is 5.75 Å². The minimum Gasteiger partial charge on any atom is -0.302 e. The molecule has 1 rings (SSSR count). The van der Waals surface area contributed by atoms with Gasteiger partial charge in [0.2, 0.25) is 0 Å². The molecule has 1 aromatic rings. The van der Waals surface area contributed by atoms with Gasteiger partial charge in [0.25, 0.3) is 0 Å². The molecule has 0 radical (unpaired) electrons. The smallest absolute Gasteiger partial charge is 0.302 e. The van der Waals surface area contributed by atoms with E-state index < -0.39 is 19.8 Å². The lowest BCUT2D eigenvalue weighted by Gasteiger charge is -2.10. The standard InChI is InChI=1S/C9H10F3O4PS2/c1-6-4-7(19-16-17(13,14)15)2-3-8(6)18-5-9(10,11)12/h2-4H,5H2,1H3,(H2,13,14,15). The number of rotatable bonds is 5. The Morgan fingerprint density at radius 3 is 2.47 bits per heavy atom. The first-order valence-electron chi connectivity index (χ1n) is 4.79. The monoisotopic (exact) mass is 334 g/mol. The van der Waals surface area contributed by atoms with E-state index in [4.69, 9.17) is 9.79 Å². The van der Waals surface area contributed by atoms with Crippen LogP contribution < -0.4 is 0 Å². The van der Waals surface area contributed by atoms with Gasteiger partial charge >= 0.3 is 14.0 Å². The highest BCUT2D eigenvalue weighted by Crippen LogP contribution is 2.44. The molecular formula is C9H10F3O4PS2. The first-order valence-corrected chi connectivity index (χ1v) is 8.04. The van der Waals surface area contributed by atoms with Crippen LogP contribution in [-0.4, -0.2) is 21.7 Å². The van der Waals surface area contributed by atoms with E-state index in [1.165, 1.54) is 18.2 Å². The summed E-state index contributed by atoms with van der Waals surface area (Å²) >= 11 is 1.14. The van der Waals surface area contributed by atoms with Crippen LogP contribution in [0.2, 0.25) is 0 Å². The van der Waals surface area contributed by atoms with Crippen molar-refractivity contribution in [3.05, 3.63) is 23.8 Å². The van der Waals surface area contributed by atoms with Crippen LogP contribution in [-0.2, 0) is 8.54 Å². The molecule has 0 saturated heterocycles. The summed E-state index contributed by atoms with van der Waals surface area (Å²) in [6, 6.07) is 4.39.